The van der Waals surface area contributed by atoms with Crippen molar-refractivity contribution in [2.45, 2.75) is 24.0 Å². The maximum absolute atomic E-state index is 12.5. The van der Waals surface area contributed by atoms with Crippen LogP contribution in [0.2, 0.25) is 0 Å². The van der Waals surface area contributed by atoms with Crippen LogP contribution in [0.25, 0.3) is 0 Å². The topological polar surface area (TPSA) is 92.7 Å². The van der Waals surface area contributed by atoms with Crippen molar-refractivity contribution < 1.29 is 23.1 Å². The number of aliphatic hydroxyl groups is 1. The number of aliphatic hydroxyl groups excluding tert-OH is 1. The summed E-state index contributed by atoms with van der Waals surface area (Å²) in [6.45, 7) is 1.83. The fraction of sp³-hybridized carbons (Fsp3) is 0.235. The van der Waals surface area contributed by atoms with E-state index in [1.165, 1.54) is 12.1 Å². The molecule has 6 nitrogen and oxygen atoms in total. The number of hydrogen-bond acceptors (Lipinski definition) is 5. The van der Waals surface area contributed by atoms with Gasteiger partial charge in [0.15, 0.2) is 0 Å². The summed E-state index contributed by atoms with van der Waals surface area (Å²) in [5, 5.41) is 10.4. The lowest BCUT2D eigenvalue weighted by atomic mass is 10.0. The lowest BCUT2D eigenvalue weighted by Gasteiger charge is -2.22. The highest BCUT2D eigenvalue weighted by molar-refractivity contribution is 7.89. The maximum Gasteiger partial charge on any atom is 0.326 e. The number of rotatable bonds is 6. The fourth-order valence-electron chi connectivity index (χ4n) is 2.16. The van der Waals surface area contributed by atoms with Gasteiger partial charge in [0, 0.05) is 0 Å². The molecule has 2 aromatic carbocycles. The van der Waals surface area contributed by atoms with Gasteiger partial charge in [0.25, 0.3) is 0 Å². The zero-order valence-corrected chi connectivity index (χ0v) is 14.2. The molecule has 0 fully saturated rings. The summed E-state index contributed by atoms with van der Waals surface area (Å²) in [5.74, 6) is -0.873. The standard InChI is InChI=1S/C17H19NO5S/c1-12-8-10-14(11-9-12)24(21,22)18-15(17(20)23-2)16(19)13-6-4-3-5-7-13/h3-11,15-16,18-19H,1-2H3/t15-,16+/m0/s1. The molecule has 0 spiro atoms. The fourth-order valence-corrected chi connectivity index (χ4v) is 3.35. The second-order valence-electron chi connectivity index (χ2n) is 5.29. The molecule has 0 aliphatic rings. The third-order valence-electron chi connectivity index (χ3n) is 3.53. The number of methoxy groups -OCH3 is 1. The molecule has 0 saturated carbocycles. The van der Waals surface area contributed by atoms with Gasteiger partial charge in [0.2, 0.25) is 10.0 Å². The predicted molar refractivity (Wildman–Crippen MR) is 88.7 cm³/mol. The molecule has 2 N–H and O–H groups in total. The number of nitrogens with one attached hydrogen (secondary N) is 1. The van der Waals surface area contributed by atoms with Gasteiger partial charge in [-0.05, 0) is 24.6 Å². The minimum absolute atomic E-state index is 0.00210. The van der Waals surface area contributed by atoms with Crippen LogP contribution in [0.4, 0.5) is 0 Å². The Morgan fingerprint density at radius 3 is 2.21 bits per heavy atom. The first-order valence-electron chi connectivity index (χ1n) is 7.25. The van der Waals surface area contributed by atoms with Crippen LogP contribution in [0.1, 0.15) is 17.2 Å². The van der Waals surface area contributed by atoms with Crippen molar-refractivity contribution in [3.05, 3.63) is 65.7 Å². The molecule has 7 heteroatoms. The predicted octanol–water partition coefficient (Wildman–Crippen LogP) is 1.55. The maximum atomic E-state index is 12.5. The van der Waals surface area contributed by atoms with E-state index in [0.717, 1.165) is 12.7 Å². The molecule has 0 radical (unpaired) electrons. The Morgan fingerprint density at radius 1 is 1.08 bits per heavy atom. The van der Waals surface area contributed by atoms with Gasteiger partial charge < -0.3 is 9.84 Å². The van der Waals surface area contributed by atoms with Crippen LogP contribution in [-0.2, 0) is 19.6 Å². The first-order valence-corrected chi connectivity index (χ1v) is 8.73. The van der Waals surface area contributed by atoms with Crippen LogP contribution in [-0.4, -0.2) is 32.6 Å². The van der Waals surface area contributed by atoms with Crippen molar-refractivity contribution >= 4 is 16.0 Å². The highest BCUT2D eigenvalue weighted by Gasteiger charge is 2.33. The third kappa shape index (κ3) is 4.19. The average Bonchev–Trinajstić information content (AvgIpc) is 2.59. The van der Waals surface area contributed by atoms with Crippen LogP contribution in [0, 0.1) is 6.92 Å². The molecule has 0 heterocycles. The molecule has 0 aliphatic carbocycles. The van der Waals surface area contributed by atoms with Crippen molar-refractivity contribution in [2.75, 3.05) is 7.11 Å². The zero-order valence-electron chi connectivity index (χ0n) is 13.3. The van der Waals surface area contributed by atoms with Gasteiger partial charge in [-0.25, -0.2) is 8.42 Å². The summed E-state index contributed by atoms with van der Waals surface area (Å²) in [4.78, 5) is 12.0. The van der Waals surface area contributed by atoms with E-state index < -0.39 is 28.1 Å². The first-order chi connectivity index (χ1) is 11.3. The lowest BCUT2D eigenvalue weighted by molar-refractivity contribution is -0.145. The quantitative estimate of drug-likeness (QED) is 0.772. The van der Waals surface area contributed by atoms with Crippen LogP contribution in [0.3, 0.4) is 0 Å². The van der Waals surface area contributed by atoms with Gasteiger partial charge in [0.05, 0.1) is 12.0 Å². The molecule has 24 heavy (non-hydrogen) atoms. The monoisotopic (exact) mass is 349 g/mol. The van der Waals surface area contributed by atoms with Gasteiger partial charge in [-0.1, -0.05) is 48.0 Å². The molecule has 0 unspecified atom stereocenters. The lowest BCUT2D eigenvalue weighted by Crippen LogP contribution is -2.45. The number of aryl methyl sites for hydroxylation is 1. The van der Waals surface area contributed by atoms with Crippen molar-refractivity contribution in [3.63, 3.8) is 0 Å². The largest absolute Gasteiger partial charge is 0.468 e. The molecule has 0 aliphatic heterocycles. The molecule has 2 atom stereocenters. The number of benzene rings is 2. The van der Waals surface area contributed by atoms with E-state index in [9.17, 15) is 18.3 Å². The highest BCUT2D eigenvalue weighted by Crippen LogP contribution is 2.20. The van der Waals surface area contributed by atoms with E-state index in [4.69, 9.17) is 0 Å². The second-order valence-corrected chi connectivity index (χ2v) is 7.00. The summed E-state index contributed by atoms with van der Waals surface area (Å²) in [6.07, 6.45) is -1.38. The average molecular weight is 349 g/mol. The molecule has 2 rings (SSSR count). The number of carbonyl (C=O) groups is 1. The van der Waals surface area contributed by atoms with E-state index in [2.05, 4.69) is 9.46 Å². The Morgan fingerprint density at radius 2 is 1.67 bits per heavy atom. The molecule has 0 amide bonds. The van der Waals surface area contributed by atoms with E-state index in [0.29, 0.717) is 5.56 Å². The van der Waals surface area contributed by atoms with Crippen LogP contribution >= 0.6 is 0 Å². The van der Waals surface area contributed by atoms with E-state index >= 15 is 0 Å². The van der Waals surface area contributed by atoms with Gasteiger partial charge >= 0.3 is 5.97 Å². The second kappa shape index (κ2) is 7.57. The summed E-state index contributed by atoms with van der Waals surface area (Å²) >= 11 is 0. The number of sulfonamides is 1. The Kier molecular flexibility index (Phi) is 5.71. The van der Waals surface area contributed by atoms with Crippen LogP contribution in [0.15, 0.2) is 59.5 Å². The van der Waals surface area contributed by atoms with Gasteiger partial charge in [-0.3, -0.25) is 4.79 Å². The smallest absolute Gasteiger partial charge is 0.326 e. The first kappa shape index (κ1) is 18.1. The van der Waals surface area contributed by atoms with Gasteiger partial charge in [-0.15, -0.1) is 0 Å². The molecule has 0 aromatic heterocycles. The Labute approximate surface area is 141 Å². The van der Waals surface area contributed by atoms with Gasteiger partial charge in [-0.2, -0.15) is 4.72 Å². The molecule has 128 valence electrons. The Bertz CT molecular complexity index is 787. The minimum atomic E-state index is -4.00. The van der Waals surface area contributed by atoms with E-state index in [1.807, 2.05) is 6.92 Å². The highest BCUT2D eigenvalue weighted by atomic mass is 32.2. The number of carbonyl (C=O) groups excluding carboxylic acids is 1. The van der Waals surface area contributed by atoms with Crippen molar-refractivity contribution in [3.8, 4) is 0 Å². The zero-order chi connectivity index (χ0) is 17.7. The molecular weight excluding hydrogens is 330 g/mol. The summed E-state index contributed by atoms with van der Waals surface area (Å²) in [6, 6.07) is 13.0. The van der Waals surface area contributed by atoms with E-state index in [-0.39, 0.29) is 4.90 Å². The minimum Gasteiger partial charge on any atom is -0.468 e. The molecule has 0 saturated heterocycles. The number of esters is 1. The third-order valence-corrected chi connectivity index (χ3v) is 4.98. The molecule has 0 bridgehead atoms. The van der Waals surface area contributed by atoms with Crippen LogP contribution in [0.5, 0.6) is 0 Å². The van der Waals surface area contributed by atoms with Crippen LogP contribution < -0.4 is 4.72 Å². The Hall–Kier alpha value is -2.22. The van der Waals surface area contributed by atoms with Crippen molar-refractivity contribution in [2.24, 2.45) is 0 Å². The Balaban J connectivity index is 2.32. The summed E-state index contributed by atoms with van der Waals surface area (Å²) in [5.41, 5.74) is 1.31. The molecule has 2 aromatic rings. The number of ether oxygens (including phenoxy) is 1. The molecular formula is C17H19NO5S. The van der Waals surface area contributed by atoms with Gasteiger partial charge in [0.1, 0.15) is 12.1 Å². The summed E-state index contributed by atoms with van der Waals surface area (Å²) < 4.78 is 31.8. The van der Waals surface area contributed by atoms with E-state index in [1.54, 1.807) is 42.5 Å². The van der Waals surface area contributed by atoms with Crippen molar-refractivity contribution in [1.82, 2.24) is 4.72 Å². The SMILES string of the molecule is COC(=O)[C@@H](NS(=O)(=O)c1ccc(C)cc1)[C@H](O)c1ccccc1. The normalized spacial score (nSPS) is 14.0. The number of hydrogen-bond donors (Lipinski definition) is 2. The van der Waals surface area contributed by atoms with Crippen molar-refractivity contribution in [1.29, 1.82) is 0 Å². The summed E-state index contributed by atoms with van der Waals surface area (Å²) in [7, 11) is -2.86.